The quantitative estimate of drug-likeness (QED) is 0.476. The number of carbonyl (C=O) groups is 1. The molecular weight excluding hydrogens is 86.9 g/mol. The second kappa shape index (κ2) is 3.91. The minimum atomic E-state index is -0.193. The standard InChI is InChI=1S/C5H9BO/c1-2-3-4-5(6)7/h2-4H2,1H3. The highest BCUT2D eigenvalue weighted by Gasteiger charge is 1.87. The van der Waals surface area contributed by atoms with Gasteiger partial charge in [0.2, 0.25) is 0 Å². The minimum Gasteiger partial charge on any atom is -0.313 e. The third-order valence-electron chi connectivity index (χ3n) is 0.777. The molecule has 1 nitrogen and oxygen atoms in total. The van der Waals surface area contributed by atoms with Crippen LogP contribution in [-0.4, -0.2) is 13.5 Å². The van der Waals surface area contributed by atoms with Crippen LogP contribution in [-0.2, 0) is 4.79 Å². The lowest BCUT2D eigenvalue weighted by molar-refractivity contribution is -0.111. The first-order chi connectivity index (χ1) is 3.27. The molecule has 0 saturated heterocycles. The summed E-state index contributed by atoms with van der Waals surface area (Å²) in [5, 5.41) is 0. The number of hydrogen-bond donors (Lipinski definition) is 0. The van der Waals surface area contributed by atoms with Gasteiger partial charge in [0.1, 0.15) is 0 Å². The van der Waals surface area contributed by atoms with Gasteiger partial charge in [0, 0.05) is 0 Å². The average molecular weight is 95.9 g/mol. The molecule has 0 aromatic rings. The Morgan fingerprint density at radius 2 is 2.29 bits per heavy atom. The van der Waals surface area contributed by atoms with Crippen LogP contribution in [0.15, 0.2) is 0 Å². The number of unbranched alkanes of at least 4 members (excludes halogenated alkanes) is 1. The fraction of sp³-hybridized carbons (Fsp3) is 0.800. The van der Waals surface area contributed by atoms with Crippen LogP contribution in [0, 0.1) is 0 Å². The summed E-state index contributed by atoms with van der Waals surface area (Å²) in [6.45, 7) is 2.03. The van der Waals surface area contributed by atoms with Crippen molar-refractivity contribution >= 4 is 13.5 Å². The van der Waals surface area contributed by atoms with Crippen molar-refractivity contribution in [3.05, 3.63) is 0 Å². The van der Waals surface area contributed by atoms with Gasteiger partial charge in [0.05, 0.1) is 5.68 Å². The van der Waals surface area contributed by atoms with E-state index in [9.17, 15) is 4.79 Å². The van der Waals surface area contributed by atoms with E-state index >= 15 is 0 Å². The molecule has 0 spiro atoms. The molecule has 0 aliphatic heterocycles. The molecule has 2 radical (unpaired) electrons. The summed E-state index contributed by atoms with van der Waals surface area (Å²) in [7, 11) is 4.84. The molecule has 0 N–H and O–H groups in total. The van der Waals surface area contributed by atoms with Gasteiger partial charge in [0.25, 0.3) is 0 Å². The van der Waals surface area contributed by atoms with Crippen LogP contribution >= 0.6 is 0 Å². The summed E-state index contributed by atoms with van der Waals surface area (Å²) in [5.41, 5.74) is -0.193. The molecule has 0 atom stereocenters. The highest BCUT2D eigenvalue weighted by atomic mass is 16.1. The van der Waals surface area contributed by atoms with Crippen molar-refractivity contribution in [1.82, 2.24) is 0 Å². The van der Waals surface area contributed by atoms with Crippen LogP contribution in [0.25, 0.3) is 0 Å². The molecule has 0 aromatic carbocycles. The van der Waals surface area contributed by atoms with Gasteiger partial charge in [-0.05, 0) is 12.8 Å². The number of carbonyl (C=O) groups excluding carboxylic acids is 1. The number of hydrogen-bond acceptors (Lipinski definition) is 1. The third kappa shape index (κ3) is 5.73. The summed E-state index contributed by atoms with van der Waals surface area (Å²) in [5.74, 6) is 0. The zero-order valence-corrected chi connectivity index (χ0v) is 4.61. The molecule has 0 bridgehead atoms. The van der Waals surface area contributed by atoms with E-state index < -0.39 is 0 Å². The monoisotopic (exact) mass is 96.1 g/mol. The lowest BCUT2D eigenvalue weighted by Gasteiger charge is -1.87. The summed E-state index contributed by atoms with van der Waals surface area (Å²) in [6, 6.07) is 0. The van der Waals surface area contributed by atoms with Crippen molar-refractivity contribution in [1.29, 1.82) is 0 Å². The van der Waals surface area contributed by atoms with E-state index in [1.165, 1.54) is 0 Å². The third-order valence-corrected chi connectivity index (χ3v) is 0.777. The average Bonchev–Trinajstić information content (AvgIpc) is 1.61. The van der Waals surface area contributed by atoms with Crippen LogP contribution in [0.1, 0.15) is 26.2 Å². The zero-order chi connectivity index (χ0) is 5.70. The van der Waals surface area contributed by atoms with Crippen LogP contribution in [0.3, 0.4) is 0 Å². The van der Waals surface area contributed by atoms with Crippen molar-refractivity contribution in [3.63, 3.8) is 0 Å². The summed E-state index contributed by atoms with van der Waals surface area (Å²) in [4.78, 5) is 9.98. The fourth-order valence-electron chi connectivity index (χ4n) is 0.351. The van der Waals surface area contributed by atoms with Crippen molar-refractivity contribution < 1.29 is 4.79 Å². The molecule has 0 aliphatic rings. The first-order valence-corrected chi connectivity index (χ1v) is 2.55. The Kier molecular flexibility index (Phi) is 3.76. The lowest BCUT2D eigenvalue weighted by Crippen LogP contribution is -1.93. The molecule has 0 saturated carbocycles. The van der Waals surface area contributed by atoms with Crippen molar-refractivity contribution in [2.75, 3.05) is 0 Å². The Morgan fingerprint density at radius 1 is 1.71 bits per heavy atom. The summed E-state index contributed by atoms with van der Waals surface area (Å²) >= 11 is 0. The lowest BCUT2D eigenvalue weighted by atomic mass is 9.98. The van der Waals surface area contributed by atoms with Gasteiger partial charge in [-0.1, -0.05) is 13.3 Å². The van der Waals surface area contributed by atoms with Gasteiger partial charge in [0.15, 0.2) is 7.85 Å². The molecule has 0 heterocycles. The van der Waals surface area contributed by atoms with E-state index in [0.29, 0.717) is 6.42 Å². The van der Waals surface area contributed by atoms with Crippen molar-refractivity contribution in [3.8, 4) is 0 Å². The summed E-state index contributed by atoms with van der Waals surface area (Å²) in [6.07, 6.45) is 2.51. The molecule has 0 unspecified atom stereocenters. The van der Waals surface area contributed by atoms with Crippen molar-refractivity contribution in [2.45, 2.75) is 26.2 Å². The first-order valence-electron chi connectivity index (χ1n) is 2.55. The molecule has 0 amide bonds. The van der Waals surface area contributed by atoms with Crippen LogP contribution in [0.2, 0.25) is 0 Å². The SMILES string of the molecule is [B]C(=O)CCCC. The Hall–Kier alpha value is -0.265. The molecule has 0 rings (SSSR count). The minimum absolute atomic E-state index is 0.193. The maximum absolute atomic E-state index is 9.98. The normalized spacial score (nSPS) is 8.71. The van der Waals surface area contributed by atoms with E-state index in [4.69, 9.17) is 7.85 Å². The number of rotatable bonds is 3. The molecule has 0 fully saturated rings. The molecule has 38 valence electrons. The van der Waals surface area contributed by atoms with Crippen LogP contribution in [0.5, 0.6) is 0 Å². The Labute approximate surface area is 45.5 Å². The smallest absolute Gasteiger partial charge is 0.167 e. The second-order valence-electron chi connectivity index (χ2n) is 1.57. The van der Waals surface area contributed by atoms with Gasteiger partial charge < -0.3 is 4.79 Å². The van der Waals surface area contributed by atoms with Gasteiger partial charge >= 0.3 is 0 Å². The van der Waals surface area contributed by atoms with Gasteiger partial charge in [-0.15, -0.1) is 0 Å². The molecule has 0 aromatic heterocycles. The molecule has 2 heteroatoms. The van der Waals surface area contributed by atoms with Gasteiger partial charge in [-0.3, -0.25) is 0 Å². The van der Waals surface area contributed by atoms with Gasteiger partial charge in [-0.25, -0.2) is 0 Å². The highest BCUT2D eigenvalue weighted by Crippen LogP contribution is 1.90. The topological polar surface area (TPSA) is 17.1 Å². The highest BCUT2D eigenvalue weighted by molar-refractivity contribution is 6.57. The largest absolute Gasteiger partial charge is 0.313 e. The maximum atomic E-state index is 9.98. The molecule has 0 aliphatic carbocycles. The predicted octanol–water partition coefficient (Wildman–Crippen LogP) is 0.872. The maximum Gasteiger partial charge on any atom is 0.167 e. The van der Waals surface area contributed by atoms with E-state index in [-0.39, 0.29) is 5.68 Å². The zero-order valence-electron chi connectivity index (χ0n) is 4.61. The Balaban J connectivity index is 2.82. The van der Waals surface area contributed by atoms with Crippen LogP contribution in [0.4, 0.5) is 0 Å². The first kappa shape index (κ1) is 6.73. The van der Waals surface area contributed by atoms with E-state index in [1.807, 2.05) is 6.92 Å². The second-order valence-corrected chi connectivity index (χ2v) is 1.57. The summed E-state index contributed by atoms with van der Waals surface area (Å²) < 4.78 is 0. The Bertz CT molecular complexity index is 61.1. The van der Waals surface area contributed by atoms with E-state index in [0.717, 1.165) is 12.8 Å². The van der Waals surface area contributed by atoms with Crippen molar-refractivity contribution in [2.24, 2.45) is 0 Å². The Morgan fingerprint density at radius 3 is 2.43 bits per heavy atom. The van der Waals surface area contributed by atoms with E-state index in [1.54, 1.807) is 0 Å². The van der Waals surface area contributed by atoms with Crippen LogP contribution < -0.4 is 0 Å². The fourth-order valence-corrected chi connectivity index (χ4v) is 0.351. The molecule has 7 heavy (non-hydrogen) atoms. The van der Waals surface area contributed by atoms with E-state index in [2.05, 4.69) is 0 Å². The van der Waals surface area contributed by atoms with Gasteiger partial charge in [-0.2, -0.15) is 0 Å². The predicted molar refractivity (Wildman–Crippen MR) is 30.3 cm³/mol. The molecular formula is C5H9BO.